The van der Waals surface area contributed by atoms with Crippen molar-refractivity contribution in [2.24, 2.45) is 0 Å². The number of aliphatic hydroxyl groups excluding tert-OH is 1. The fourth-order valence-electron chi connectivity index (χ4n) is 1.76. The summed E-state index contributed by atoms with van der Waals surface area (Å²) < 4.78 is 1.08. The highest BCUT2D eigenvalue weighted by atomic mass is 79.9. The lowest BCUT2D eigenvalue weighted by Gasteiger charge is -2.17. The summed E-state index contributed by atoms with van der Waals surface area (Å²) in [4.78, 5) is 1.00. The Balaban J connectivity index is 1.90. The van der Waals surface area contributed by atoms with Gasteiger partial charge in [-0.3, -0.25) is 0 Å². The molecule has 0 radical (unpaired) electrons. The van der Waals surface area contributed by atoms with E-state index < -0.39 is 6.10 Å². The maximum atomic E-state index is 10.00. The molecule has 0 aliphatic heterocycles. The van der Waals surface area contributed by atoms with E-state index >= 15 is 0 Å². The van der Waals surface area contributed by atoms with Crippen molar-refractivity contribution in [1.82, 2.24) is 5.32 Å². The standard InChI is InChI=1S/C14H16BrNOS/c1-10(11-4-2-5-12(15)8-11)16-9-13(17)14-6-3-7-18-14/h2-8,10,13,16-17H,9H2,1H3/t10-,13?/m1/s1. The molecule has 2 N–H and O–H groups in total. The second-order valence-electron chi connectivity index (χ2n) is 4.22. The second-order valence-corrected chi connectivity index (χ2v) is 6.11. The molecule has 2 nitrogen and oxygen atoms in total. The number of halogens is 1. The van der Waals surface area contributed by atoms with Gasteiger partial charge < -0.3 is 10.4 Å². The molecule has 0 bridgehead atoms. The SMILES string of the molecule is C[C@@H](NCC(O)c1cccs1)c1cccc(Br)c1. The molecule has 0 saturated carbocycles. The summed E-state index contributed by atoms with van der Waals surface area (Å²) in [7, 11) is 0. The molecule has 0 saturated heterocycles. The molecule has 96 valence electrons. The monoisotopic (exact) mass is 325 g/mol. The third kappa shape index (κ3) is 3.65. The first-order valence-electron chi connectivity index (χ1n) is 5.87. The third-order valence-electron chi connectivity index (χ3n) is 2.84. The molecule has 0 aliphatic carbocycles. The quantitative estimate of drug-likeness (QED) is 0.873. The van der Waals surface area contributed by atoms with Crippen molar-refractivity contribution in [2.45, 2.75) is 19.1 Å². The maximum Gasteiger partial charge on any atom is 0.101 e. The molecule has 0 aliphatic rings. The number of hydrogen-bond donors (Lipinski definition) is 2. The van der Waals surface area contributed by atoms with E-state index in [4.69, 9.17) is 0 Å². The molecule has 1 aromatic carbocycles. The van der Waals surface area contributed by atoms with Gasteiger partial charge in [-0.25, -0.2) is 0 Å². The molecule has 2 atom stereocenters. The molecule has 18 heavy (non-hydrogen) atoms. The first kappa shape index (κ1) is 13.7. The Morgan fingerprint density at radius 3 is 2.83 bits per heavy atom. The highest BCUT2D eigenvalue weighted by Gasteiger charge is 2.11. The molecule has 0 fully saturated rings. The lowest BCUT2D eigenvalue weighted by molar-refractivity contribution is 0.174. The van der Waals surface area contributed by atoms with Crippen molar-refractivity contribution < 1.29 is 5.11 Å². The van der Waals surface area contributed by atoms with Crippen LogP contribution in [0.3, 0.4) is 0 Å². The lowest BCUT2D eigenvalue weighted by atomic mass is 10.1. The average molecular weight is 326 g/mol. The first-order valence-corrected chi connectivity index (χ1v) is 7.54. The molecule has 2 rings (SSSR count). The van der Waals surface area contributed by atoms with Crippen molar-refractivity contribution in [3.63, 3.8) is 0 Å². The van der Waals surface area contributed by atoms with Gasteiger partial charge in [0.15, 0.2) is 0 Å². The average Bonchev–Trinajstić information content (AvgIpc) is 2.89. The zero-order valence-corrected chi connectivity index (χ0v) is 12.5. The molecule has 1 unspecified atom stereocenters. The van der Waals surface area contributed by atoms with Crippen LogP contribution in [0.15, 0.2) is 46.3 Å². The van der Waals surface area contributed by atoms with E-state index in [1.165, 1.54) is 5.56 Å². The Bertz CT molecular complexity index is 486. The fraction of sp³-hybridized carbons (Fsp3) is 0.286. The van der Waals surface area contributed by atoms with Gasteiger partial charge in [0.25, 0.3) is 0 Å². The van der Waals surface area contributed by atoms with Crippen LogP contribution in [0.1, 0.15) is 29.5 Å². The van der Waals surface area contributed by atoms with E-state index in [1.54, 1.807) is 11.3 Å². The normalized spacial score (nSPS) is 14.4. The minimum absolute atomic E-state index is 0.220. The van der Waals surface area contributed by atoms with E-state index in [0.29, 0.717) is 6.54 Å². The molecular formula is C14H16BrNOS. The van der Waals surface area contributed by atoms with E-state index in [9.17, 15) is 5.11 Å². The van der Waals surface area contributed by atoms with Gasteiger partial charge in [0.05, 0.1) is 0 Å². The second kappa shape index (κ2) is 6.48. The van der Waals surface area contributed by atoms with Gasteiger partial charge >= 0.3 is 0 Å². The predicted molar refractivity (Wildman–Crippen MR) is 79.8 cm³/mol. The number of benzene rings is 1. The molecule has 0 amide bonds. The summed E-state index contributed by atoms with van der Waals surface area (Å²) >= 11 is 5.05. The van der Waals surface area contributed by atoms with Crippen LogP contribution in [0.4, 0.5) is 0 Å². The highest BCUT2D eigenvalue weighted by Crippen LogP contribution is 2.21. The van der Waals surface area contributed by atoms with Crippen LogP contribution < -0.4 is 5.32 Å². The van der Waals surface area contributed by atoms with Crippen molar-refractivity contribution in [1.29, 1.82) is 0 Å². The van der Waals surface area contributed by atoms with E-state index in [-0.39, 0.29) is 6.04 Å². The zero-order chi connectivity index (χ0) is 13.0. The van der Waals surface area contributed by atoms with Crippen LogP contribution in [0.2, 0.25) is 0 Å². The van der Waals surface area contributed by atoms with E-state index in [1.807, 2.05) is 29.6 Å². The Hall–Kier alpha value is -0.680. The van der Waals surface area contributed by atoms with E-state index in [0.717, 1.165) is 9.35 Å². The Morgan fingerprint density at radius 1 is 1.33 bits per heavy atom. The lowest BCUT2D eigenvalue weighted by Crippen LogP contribution is -2.24. The van der Waals surface area contributed by atoms with Gasteiger partial charge in [-0.1, -0.05) is 34.1 Å². The molecule has 0 spiro atoms. The van der Waals surface area contributed by atoms with Crippen LogP contribution >= 0.6 is 27.3 Å². The van der Waals surface area contributed by atoms with Crippen LogP contribution in [-0.4, -0.2) is 11.7 Å². The number of nitrogens with one attached hydrogen (secondary N) is 1. The van der Waals surface area contributed by atoms with Crippen molar-refractivity contribution >= 4 is 27.3 Å². The topological polar surface area (TPSA) is 32.3 Å². The number of thiophene rings is 1. The summed E-state index contributed by atoms with van der Waals surface area (Å²) in [5, 5.41) is 15.3. The van der Waals surface area contributed by atoms with Crippen LogP contribution in [0, 0.1) is 0 Å². The largest absolute Gasteiger partial charge is 0.386 e. The highest BCUT2D eigenvalue weighted by molar-refractivity contribution is 9.10. The summed E-state index contributed by atoms with van der Waals surface area (Å²) in [5.41, 5.74) is 1.21. The van der Waals surface area contributed by atoms with Crippen LogP contribution in [0.5, 0.6) is 0 Å². The maximum absolute atomic E-state index is 10.00. The summed E-state index contributed by atoms with van der Waals surface area (Å²) in [6.07, 6.45) is -0.431. The minimum atomic E-state index is -0.431. The predicted octanol–water partition coefficient (Wildman–Crippen LogP) is 3.89. The smallest absolute Gasteiger partial charge is 0.101 e. The third-order valence-corrected chi connectivity index (χ3v) is 4.30. The Kier molecular flexibility index (Phi) is 4.95. The van der Waals surface area contributed by atoms with Gasteiger partial charge in [-0.05, 0) is 36.1 Å². The molecule has 1 heterocycles. The van der Waals surface area contributed by atoms with Gasteiger partial charge in [-0.15, -0.1) is 11.3 Å². The van der Waals surface area contributed by atoms with Gasteiger partial charge in [0.1, 0.15) is 6.10 Å². The van der Waals surface area contributed by atoms with Gasteiger partial charge in [0.2, 0.25) is 0 Å². The van der Waals surface area contributed by atoms with Crippen molar-refractivity contribution in [3.05, 3.63) is 56.7 Å². The van der Waals surface area contributed by atoms with Crippen LogP contribution in [0.25, 0.3) is 0 Å². The molecular weight excluding hydrogens is 310 g/mol. The summed E-state index contributed by atoms with van der Waals surface area (Å²) in [5.74, 6) is 0. The van der Waals surface area contributed by atoms with E-state index in [2.05, 4.69) is 40.3 Å². The van der Waals surface area contributed by atoms with Gasteiger partial charge in [0, 0.05) is 21.9 Å². The van der Waals surface area contributed by atoms with Gasteiger partial charge in [-0.2, -0.15) is 0 Å². The van der Waals surface area contributed by atoms with Crippen molar-refractivity contribution in [3.8, 4) is 0 Å². The number of rotatable bonds is 5. The molecule has 4 heteroatoms. The Morgan fingerprint density at radius 2 is 2.17 bits per heavy atom. The summed E-state index contributed by atoms with van der Waals surface area (Å²) in [6.45, 7) is 2.66. The number of aliphatic hydroxyl groups is 1. The van der Waals surface area contributed by atoms with Crippen molar-refractivity contribution in [2.75, 3.05) is 6.54 Å². The molecule has 2 aromatic rings. The van der Waals surface area contributed by atoms with Crippen LogP contribution in [-0.2, 0) is 0 Å². The fourth-order valence-corrected chi connectivity index (χ4v) is 2.89. The summed E-state index contributed by atoms with van der Waals surface area (Å²) in [6, 6.07) is 12.3. The number of hydrogen-bond acceptors (Lipinski definition) is 3. The first-order chi connectivity index (χ1) is 8.66. The molecule has 1 aromatic heterocycles. The minimum Gasteiger partial charge on any atom is -0.386 e. The zero-order valence-electron chi connectivity index (χ0n) is 10.1. The Labute approximate surface area is 120 Å².